The molecular formula is C7H14N2O3. The van der Waals surface area contributed by atoms with Gasteiger partial charge in [-0.1, -0.05) is 5.16 Å². The van der Waals surface area contributed by atoms with Crippen LogP contribution in [0.4, 0.5) is 4.79 Å². The van der Waals surface area contributed by atoms with Crippen molar-refractivity contribution in [3.05, 3.63) is 0 Å². The Hall–Kier alpha value is -1.10. The topological polar surface area (TPSA) is 59.9 Å². The van der Waals surface area contributed by atoms with Crippen molar-refractivity contribution < 1.29 is 14.4 Å². The zero-order chi connectivity index (χ0) is 9.40. The molecule has 70 valence electrons. The van der Waals surface area contributed by atoms with Gasteiger partial charge in [0.25, 0.3) is 0 Å². The molecule has 0 spiro atoms. The van der Waals surface area contributed by atoms with Gasteiger partial charge in [-0.2, -0.15) is 0 Å². The van der Waals surface area contributed by atoms with Crippen LogP contribution in [0.15, 0.2) is 5.16 Å². The zero-order valence-corrected chi connectivity index (χ0v) is 7.59. The molecule has 0 aliphatic rings. The first-order valence-corrected chi connectivity index (χ1v) is 3.70. The highest BCUT2D eigenvalue weighted by atomic mass is 16.7. The van der Waals surface area contributed by atoms with Gasteiger partial charge in [0.05, 0.1) is 12.3 Å². The van der Waals surface area contributed by atoms with Crippen LogP contribution in [0.5, 0.6) is 0 Å². The van der Waals surface area contributed by atoms with E-state index in [2.05, 4.69) is 15.3 Å². The Morgan fingerprint density at radius 3 is 2.75 bits per heavy atom. The van der Waals surface area contributed by atoms with Crippen molar-refractivity contribution in [3.63, 3.8) is 0 Å². The van der Waals surface area contributed by atoms with Gasteiger partial charge in [0.1, 0.15) is 0 Å². The maximum absolute atomic E-state index is 10.5. The van der Waals surface area contributed by atoms with E-state index in [-0.39, 0.29) is 0 Å². The van der Waals surface area contributed by atoms with E-state index in [9.17, 15) is 4.79 Å². The second-order valence-corrected chi connectivity index (χ2v) is 2.09. The molecule has 0 radical (unpaired) electrons. The van der Waals surface area contributed by atoms with Gasteiger partial charge in [-0.05, 0) is 13.8 Å². The Bertz CT molecular complexity index is 168. The van der Waals surface area contributed by atoms with Crippen molar-refractivity contribution in [1.82, 2.24) is 5.32 Å². The number of carbonyl (C=O) groups is 1. The third kappa shape index (κ3) is 5.67. The minimum absolute atomic E-state index is 0.382. The van der Waals surface area contributed by atoms with Crippen molar-refractivity contribution >= 4 is 11.8 Å². The second kappa shape index (κ2) is 6.60. The SMILES string of the molecule is CCOCC(C)=NOC(=O)NC. The summed E-state index contributed by atoms with van der Waals surface area (Å²) in [5, 5.41) is 5.78. The van der Waals surface area contributed by atoms with Crippen LogP contribution >= 0.6 is 0 Å². The standard InChI is InChI=1S/C7H14N2O3/c1-4-11-5-6(2)9-12-7(10)8-3/h4-5H2,1-3H3,(H,8,10). The minimum atomic E-state index is -0.578. The Labute approximate surface area is 71.7 Å². The first-order valence-electron chi connectivity index (χ1n) is 3.70. The summed E-state index contributed by atoms with van der Waals surface area (Å²) in [5.41, 5.74) is 0.625. The van der Waals surface area contributed by atoms with Crippen LogP contribution in [0.1, 0.15) is 13.8 Å². The molecule has 0 aromatic carbocycles. The molecule has 0 fully saturated rings. The van der Waals surface area contributed by atoms with Crippen molar-refractivity contribution in [1.29, 1.82) is 0 Å². The van der Waals surface area contributed by atoms with Crippen molar-refractivity contribution in [3.8, 4) is 0 Å². The summed E-state index contributed by atoms with van der Waals surface area (Å²) in [6.07, 6.45) is -0.578. The maximum atomic E-state index is 10.5. The molecule has 0 rings (SSSR count). The highest BCUT2D eigenvalue weighted by Gasteiger charge is 1.96. The average Bonchev–Trinajstić information content (AvgIpc) is 2.10. The molecule has 1 N–H and O–H groups in total. The Morgan fingerprint density at radius 2 is 2.25 bits per heavy atom. The summed E-state index contributed by atoms with van der Waals surface area (Å²) in [4.78, 5) is 14.9. The Morgan fingerprint density at radius 1 is 1.58 bits per heavy atom. The van der Waals surface area contributed by atoms with Crippen molar-refractivity contribution in [2.75, 3.05) is 20.3 Å². The van der Waals surface area contributed by atoms with Gasteiger partial charge in [-0.25, -0.2) is 4.79 Å². The molecule has 0 saturated heterocycles. The number of nitrogens with zero attached hydrogens (tertiary/aromatic N) is 1. The van der Waals surface area contributed by atoms with Crippen LogP contribution in [0, 0.1) is 0 Å². The number of oxime groups is 1. The molecule has 0 aromatic rings. The smallest absolute Gasteiger partial charge is 0.376 e. The average molecular weight is 174 g/mol. The molecule has 0 heterocycles. The fraction of sp³-hybridized carbons (Fsp3) is 0.714. The van der Waals surface area contributed by atoms with Crippen molar-refractivity contribution in [2.24, 2.45) is 5.16 Å². The van der Waals surface area contributed by atoms with Crippen LogP contribution in [-0.2, 0) is 9.57 Å². The van der Waals surface area contributed by atoms with Crippen LogP contribution in [0.25, 0.3) is 0 Å². The first-order chi connectivity index (χ1) is 5.70. The summed E-state index contributed by atoms with van der Waals surface area (Å²) in [7, 11) is 1.47. The molecule has 0 aliphatic heterocycles. The summed E-state index contributed by atoms with van der Waals surface area (Å²) >= 11 is 0. The second-order valence-electron chi connectivity index (χ2n) is 2.09. The van der Waals surface area contributed by atoms with E-state index in [1.807, 2.05) is 6.92 Å². The third-order valence-corrected chi connectivity index (χ3v) is 1.00. The van der Waals surface area contributed by atoms with Gasteiger partial charge in [-0.15, -0.1) is 0 Å². The molecular weight excluding hydrogens is 160 g/mol. The van der Waals surface area contributed by atoms with E-state index < -0.39 is 6.09 Å². The predicted octanol–water partition coefficient (Wildman–Crippen LogP) is 0.755. The van der Waals surface area contributed by atoms with E-state index in [0.29, 0.717) is 18.9 Å². The first kappa shape index (κ1) is 10.9. The third-order valence-electron chi connectivity index (χ3n) is 1.00. The molecule has 1 amide bonds. The maximum Gasteiger partial charge on any atom is 0.433 e. The number of rotatable bonds is 4. The molecule has 0 unspecified atom stereocenters. The number of amides is 1. The van der Waals surface area contributed by atoms with E-state index in [0.717, 1.165) is 0 Å². The lowest BCUT2D eigenvalue weighted by Gasteiger charge is -1.99. The van der Waals surface area contributed by atoms with Crippen molar-refractivity contribution in [2.45, 2.75) is 13.8 Å². The van der Waals surface area contributed by atoms with Crippen LogP contribution in [0.2, 0.25) is 0 Å². The minimum Gasteiger partial charge on any atom is -0.376 e. The lowest BCUT2D eigenvalue weighted by atomic mass is 10.5. The van der Waals surface area contributed by atoms with Gasteiger partial charge < -0.3 is 10.1 Å². The van der Waals surface area contributed by atoms with Gasteiger partial charge in [0, 0.05) is 13.7 Å². The van der Waals surface area contributed by atoms with E-state index >= 15 is 0 Å². The number of hydrogen-bond donors (Lipinski definition) is 1. The van der Waals surface area contributed by atoms with Gasteiger partial charge >= 0.3 is 6.09 Å². The highest BCUT2D eigenvalue weighted by molar-refractivity contribution is 5.83. The summed E-state index contributed by atoms with van der Waals surface area (Å²) in [6.45, 7) is 4.60. The number of ether oxygens (including phenoxy) is 1. The molecule has 5 nitrogen and oxygen atoms in total. The molecule has 0 saturated carbocycles. The Kier molecular flexibility index (Phi) is 6.00. The van der Waals surface area contributed by atoms with E-state index in [1.165, 1.54) is 7.05 Å². The fourth-order valence-corrected chi connectivity index (χ4v) is 0.441. The number of carbonyl (C=O) groups excluding carboxylic acids is 1. The molecule has 5 heteroatoms. The number of hydrogen-bond acceptors (Lipinski definition) is 4. The lowest BCUT2D eigenvalue weighted by molar-refractivity contribution is 0.148. The fourth-order valence-electron chi connectivity index (χ4n) is 0.441. The lowest BCUT2D eigenvalue weighted by Crippen LogP contribution is -2.18. The molecule has 0 aromatic heterocycles. The van der Waals surface area contributed by atoms with E-state index in [1.54, 1.807) is 6.92 Å². The van der Waals surface area contributed by atoms with E-state index in [4.69, 9.17) is 4.74 Å². The Balaban J connectivity index is 3.60. The van der Waals surface area contributed by atoms with Gasteiger partial charge in [-0.3, -0.25) is 4.84 Å². The van der Waals surface area contributed by atoms with Crippen LogP contribution in [-0.4, -0.2) is 32.1 Å². The molecule has 0 atom stereocenters. The zero-order valence-electron chi connectivity index (χ0n) is 7.59. The van der Waals surface area contributed by atoms with Gasteiger partial charge in [0.2, 0.25) is 0 Å². The van der Waals surface area contributed by atoms with Gasteiger partial charge in [0.15, 0.2) is 0 Å². The highest BCUT2D eigenvalue weighted by Crippen LogP contribution is 1.84. The molecule has 0 aliphatic carbocycles. The summed E-state index contributed by atoms with van der Waals surface area (Å²) in [5.74, 6) is 0. The largest absolute Gasteiger partial charge is 0.433 e. The van der Waals surface area contributed by atoms with Crippen LogP contribution < -0.4 is 5.32 Å². The summed E-state index contributed by atoms with van der Waals surface area (Å²) < 4.78 is 5.02. The predicted molar refractivity (Wildman–Crippen MR) is 45.1 cm³/mol. The quantitative estimate of drug-likeness (QED) is 0.389. The summed E-state index contributed by atoms with van der Waals surface area (Å²) in [6, 6.07) is 0. The number of nitrogens with one attached hydrogen (secondary N) is 1. The molecule has 12 heavy (non-hydrogen) atoms. The molecule has 0 bridgehead atoms. The monoisotopic (exact) mass is 174 g/mol. The normalized spacial score (nSPS) is 11.1. The van der Waals surface area contributed by atoms with Crippen LogP contribution in [0.3, 0.4) is 0 Å².